The van der Waals surface area contributed by atoms with Crippen LogP contribution in [0.15, 0.2) is 0 Å². The quantitative estimate of drug-likeness (QED) is 0.649. The molecule has 1 amide bonds. The molecule has 0 saturated carbocycles. The Hall–Kier alpha value is -0.610. The standard InChI is InChI=1S/C12H26N2O2/c1-4-5-14(6-7-15)12(16)11(9-13)8-10(2)3/h10-11,15H,4-9,13H2,1-3H3. The molecule has 0 bridgehead atoms. The molecule has 1 atom stereocenters. The van der Waals surface area contributed by atoms with Gasteiger partial charge in [0.25, 0.3) is 0 Å². The summed E-state index contributed by atoms with van der Waals surface area (Å²) < 4.78 is 0. The van der Waals surface area contributed by atoms with Crippen LogP contribution in [0.4, 0.5) is 0 Å². The molecule has 16 heavy (non-hydrogen) atoms. The van der Waals surface area contributed by atoms with Crippen molar-refractivity contribution in [2.75, 3.05) is 26.2 Å². The maximum atomic E-state index is 12.1. The van der Waals surface area contributed by atoms with Crippen molar-refractivity contribution >= 4 is 5.91 Å². The molecule has 0 radical (unpaired) electrons. The third-order valence-electron chi connectivity index (χ3n) is 2.56. The van der Waals surface area contributed by atoms with Crippen LogP contribution in [0.3, 0.4) is 0 Å². The maximum Gasteiger partial charge on any atom is 0.227 e. The predicted molar refractivity (Wildman–Crippen MR) is 66.0 cm³/mol. The maximum absolute atomic E-state index is 12.1. The molecule has 3 N–H and O–H groups in total. The van der Waals surface area contributed by atoms with Crippen LogP contribution in [0.25, 0.3) is 0 Å². The molecular weight excluding hydrogens is 204 g/mol. The van der Waals surface area contributed by atoms with E-state index in [9.17, 15) is 4.79 Å². The summed E-state index contributed by atoms with van der Waals surface area (Å²) >= 11 is 0. The Balaban J connectivity index is 4.41. The molecule has 0 fully saturated rings. The van der Waals surface area contributed by atoms with Gasteiger partial charge in [0.05, 0.1) is 12.5 Å². The first-order valence-electron chi connectivity index (χ1n) is 6.16. The molecule has 0 saturated heterocycles. The van der Waals surface area contributed by atoms with E-state index in [0.717, 1.165) is 12.8 Å². The molecule has 0 aromatic heterocycles. The van der Waals surface area contributed by atoms with Crippen LogP contribution < -0.4 is 5.73 Å². The topological polar surface area (TPSA) is 66.6 Å². The lowest BCUT2D eigenvalue weighted by atomic mass is 9.96. The smallest absolute Gasteiger partial charge is 0.227 e. The molecule has 4 nitrogen and oxygen atoms in total. The van der Waals surface area contributed by atoms with E-state index in [-0.39, 0.29) is 18.4 Å². The van der Waals surface area contributed by atoms with Crippen molar-refractivity contribution in [2.45, 2.75) is 33.6 Å². The van der Waals surface area contributed by atoms with E-state index in [0.29, 0.717) is 25.6 Å². The van der Waals surface area contributed by atoms with Crippen molar-refractivity contribution in [2.24, 2.45) is 17.6 Å². The van der Waals surface area contributed by atoms with Crippen molar-refractivity contribution < 1.29 is 9.90 Å². The Morgan fingerprint density at radius 1 is 1.38 bits per heavy atom. The van der Waals surface area contributed by atoms with Gasteiger partial charge in [-0.3, -0.25) is 4.79 Å². The van der Waals surface area contributed by atoms with Gasteiger partial charge in [-0.1, -0.05) is 20.8 Å². The summed E-state index contributed by atoms with van der Waals surface area (Å²) in [6.07, 6.45) is 1.73. The molecule has 0 aliphatic heterocycles. The van der Waals surface area contributed by atoms with E-state index in [1.54, 1.807) is 4.90 Å². The number of aliphatic hydroxyl groups is 1. The Morgan fingerprint density at radius 3 is 2.38 bits per heavy atom. The number of aliphatic hydroxyl groups excluding tert-OH is 1. The fourth-order valence-corrected chi connectivity index (χ4v) is 1.85. The summed E-state index contributed by atoms with van der Waals surface area (Å²) in [6.45, 7) is 7.73. The van der Waals surface area contributed by atoms with Gasteiger partial charge in [-0.25, -0.2) is 0 Å². The van der Waals surface area contributed by atoms with Crippen LogP contribution >= 0.6 is 0 Å². The Labute approximate surface area is 98.8 Å². The number of hydrogen-bond donors (Lipinski definition) is 2. The van der Waals surface area contributed by atoms with E-state index in [4.69, 9.17) is 10.8 Å². The summed E-state index contributed by atoms with van der Waals surface area (Å²) in [6, 6.07) is 0. The molecule has 1 unspecified atom stereocenters. The Morgan fingerprint density at radius 2 is 2.00 bits per heavy atom. The highest BCUT2D eigenvalue weighted by molar-refractivity contribution is 5.79. The largest absolute Gasteiger partial charge is 0.395 e. The van der Waals surface area contributed by atoms with E-state index < -0.39 is 0 Å². The third kappa shape index (κ3) is 5.47. The molecule has 0 aliphatic carbocycles. The van der Waals surface area contributed by atoms with Gasteiger partial charge >= 0.3 is 0 Å². The predicted octanol–water partition coefficient (Wildman–Crippen LogP) is 0.838. The highest BCUT2D eigenvalue weighted by Crippen LogP contribution is 2.13. The van der Waals surface area contributed by atoms with Gasteiger partial charge in [-0.2, -0.15) is 0 Å². The second-order valence-corrected chi connectivity index (χ2v) is 4.61. The zero-order valence-corrected chi connectivity index (χ0v) is 10.8. The zero-order chi connectivity index (χ0) is 12.6. The summed E-state index contributed by atoms with van der Waals surface area (Å²) in [7, 11) is 0. The molecule has 0 spiro atoms. The molecule has 0 aromatic rings. The number of nitrogens with two attached hydrogens (primary N) is 1. The highest BCUT2D eigenvalue weighted by Gasteiger charge is 2.22. The van der Waals surface area contributed by atoms with Gasteiger partial charge < -0.3 is 15.7 Å². The lowest BCUT2D eigenvalue weighted by molar-refractivity contribution is -0.136. The Bertz CT molecular complexity index is 185. The fourth-order valence-electron chi connectivity index (χ4n) is 1.85. The van der Waals surface area contributed by atoms with Gasteiger partial charge in [0.1, 0.15) is 0 Å². The molecule has 0 aromatic carbocycles. The van der Waals surface area contributed by atoms with Gasteiger partial charge in [0, 0.05) is 19.6 Å². The SMILES string of the molecule is CCCN(CCO)C(=O)C(CN)CC(C)C. The normalized spacial score (nSPS) is 12.9. The van der Waals surface area contributed by atoms with Crippen molar-refractivity contribution in [3.05, 3.63) is 0 Å². The summed E-state index contributed by atoms with van der Waals surface area (Å²) in [4.78, 5) is 13.8. The summed E-state index contributed by atoms with van der Waals surface area (Å²) in [5.41, 5.74) is 5.64. The molecule has 4 heteroatoms. The van der Waals surface area contributed by atoms with Crippen molar-refractivity contribution in [1.82, 2.24) is 4.90 Å². The molecule has 0 aliphatic rings. The van der Waals surface area contributed by atoms with E-state index in [2.05, 4.69) is 13.8 Å². The highest BCUT2D eigenvalue weighted by atomic mass is 16.3. The minimum Gasteiger partial charge on any atom is -0.395 e. The van der Waals surface area contributed by atoms with E-state index in [1.165, 1.54) is 0 Å². The van der Waals surface area contributed by atoms with Crippen LogP contribution in [0.2, 0.25) is 0 Å². The first-order chi connectivity index (χ1) is 7.56. The number of nitrogens with zero attached hydrogens (tertiary/aromatic N) is 1. The molecule has 0 heterocycles. The summed E-state index contributed by atoms with van der Waals surface area (Å²) in [5, 5.41) is 8.92. The Kier molecular flexibility index (Phi) is 8.21. The van der Waals surface area contributed by atoms with Gasteiger partial charge in [-0.15, -0.1) is 0 Å². The monoisotopic (exact) mass is 230 g/mol. The van der Waals surface area contributed by atoms with Crippen LogP contribution in [-0.4, -0.2) is 42.2 Å². The van der Waals surface area contributed by atoms with Crippen LogP contribution in [0, 0.1) is 11.8 Å². The van der Waals surface area contributed by atoms with Crippen LogP contribution in [0.5, 0.6) is 0 Å². The molecular formula is C12H26N2O2. The minimum atomic E-state index is -0.0990. The van der Waals surface area contributed by atoms with Gasteiger partial charge in [0.2, 0.25) is 5.91 Å². The van der Waals surface area contributed by atoms with Crippen molar-refractivity contribution in [1.29, 1.82) is 0 Å². The van der Waals surface area contributed by atoms with Crippen molar-refractivity contribution in [3.63, 3.8) is 0 Å². The number of rotatable bonds is 8. The molecule has 0 rings (SSSR count). The zero-order valence-electron chi connectivity index (χ0n) is 10.8. The van der Waals surface area contributed by atoms with Crippen LogP contribution in [-0.2, 0) is 4.79 Å². The number of hydrogen-bond acceptors (Lipinski definition) is 3. The van der Waals surface area contributed by atoms with Crippen molar-refractivity contribution in [3.8, 4) is 0 Å². The minimum absolute atomic E-state index is 0.0186. The van der Waals surface area contributed by atoms with Gasteiger partial charge in [0.15, 0.2) is 0 Å². The fraction of sp³-hybridized carbons (Fsp3) is 0.917. The lowest BCUT2D eigenvalue weighted by Crippen LogP contribution is -2.41. The number of amides is 1. The first kappa shape index (κ1) is 15.4. The number of carbonyl (C=O) groups excluding carboxylic acids is 1. The average Bonchev–Trinajstić information content (AvgIpc) is 2.24. The van der Waals surface area contributed by atoms with E-state index in [1.807, 2.05) is 6.92 Å². The van der Waals surface area contributed by atoms with E-state index >= 15 is 0 Å². The second kappa shape index (κ2) is 8.53. The molecule has 96 valence electrons. The van der Waals surface area contributed by atoms with Gasteiger partial charge in [-0.05, 0) is 18.8 Å². The lowest BCUT2D eigenvalue weighted by Gasteiger charge is -2.26. The average molecular weight is 230 g/mol. The third-order valence-corrected chi connectivity index (χ3v) is 2.56. The first-order valence-corrected chi connectivity index (χ1v) is 6.16. The summed E-state index contributed by atoms with van der Waals surface area (Å²) in [5.74, 6) is 0.459. The number of carbonyl (C=O) groups is 1. The second-order valence-electron chi connectivity index (χ2n) is 4.61. The van der Waals surface area contributed by atoms with Crippen LogP contribution in [0.1, 0.15) is 33.6 Å².